The van der Waals surface area contributed by atoms with Gasteiger partial charge in [-0.25, -0.2) is 0 Å². The predicted octanol–water partition coefficient (Wildman–Crippen LogP) is 3.50. The molecule has 0 aliphatic heterocycles. The van der Waals surface area contributed by atoms with Gasteiger partial charge in [-0.05, 0) is 17.5 Å². The Morgan fingerprint density at radius 1 is 1.07 bits per heavy atom. The quantitative estimate of drug-likeness (QED) is 0.618. The summed E-state index contributed by atoms with van der Waals surface area (Å²) in [6.07, 6.45) is 1.93. The van der Waals surface area contributed by atoms with Crippen molar-refractivity contribution in [3.05, 3.63) is 40.9 Å². The molecule has 0 aliphatic rings. The van der Waals surface area contributed by atoms with Crippen LogP contribution in [0.5, 0.6) is 0 Å². The summed E-state index contributed by atoms with van der Waals surface area (Å²) in [5, 5.41) is 13.4. The number of rotatable bonds is 1. The normalized spacial score (nSPS) is 9.71. The highest BCUT2D eigenvalue weighted by Crippen LogP contribution is 2.29. The van der Waals surface area contributed by atoms with E-state index in [0.717, 1.165) is 20.9 Å². The molecule has 0 radical (unpaired) electrons. The van der Waals surface area contributed by atoms with Crippen LogP contribution in [0.25, 0.3) is 10.8 Å². The molecule has 2 nitrogen and oxygen atoms in total. The van der Waals surface area contributed by atoms with Crippen LogP contribution in [0.15, 0.2) is 40.9 Å². The fraction of sp³-hybridized carbons (Fsp3) is 0. The highest BCUT2D eigenvalue weighted by molar-refractivity contribution is 9.10. The first-order chi connectivity index (χ1) is 6.83. The molecule has 0 saturated carbocycles. The molecular formula is C11H7BrN2. The van der Waals surface area contributed by atoms with Crippen molar-refractivity contribution < 1.29 is 0 Å². The number of nitrogens with one attached hydrogen (secondary N) is 1. The first kappa shape index (κ1) is 9.04. The van der Waals surface area contributed by atoms with E-state index in [1.54, 1.807) is 0 Å². The van der Waals surface area contributed by atoms with E-state index in [1.807, 2.05) is 42.6 Å². The van der Waals surface area contributed by atoms with Crippen molar-refractivity contribution in [1.29, 1.82) is 5.26 Å². The molecule has 0 bridgehead atoms. The highest BCUT2D eigenvalue weighted by atomic mass is 79.9. The van der Waals surface area contributed by atoms with Crippen molar-refractivity contribution in [1.82, 2.24) is 0 Å². The third-order valence-corrected chi connectivity index (χ3v) is 2.75. The van der Waals surface area contributed by atoms with Crippen LogP contribution in [0, 0.1) is 11.5 Å². The topological polar surface area (TPSA) is 35.8 Å². The van der Waals surface area contributed by atoms with Crippen molar-refractivity contribution in [2.45, 2.75) is 0 Å². The van der Waals surface area contributed by atoms with Gasteiger partial charge in [-0.15, -0.1) is 0 Å². The zero-order valence-electron chi connectivity index (χ0n) is 7.29. The van der Waals surface area contributed by atoms with Gasteiger partial charge in [-0.1, -0.05) is 40.2 Å². The van der Waals surface area contributed by atoms with E-state index < -0.39 is 0 Å². The number of benzene rings is 2. The molecule has 14 heavy (non-hydrogen) atoms. The number of anilines is 1. The summed E-state index contributed by atoms with van der Waals surface area (Å²) in [6.45, 7) is 0. The molecule has 3 heteroatoms. The van der Waals surface area contributed by atoms with Crippen LogP contribution in [0.1, 0.15) is 0 Å². The standard InChI is InChI=1S/C11H7BrN2/c12-10-5-6-11(14-7-13)9-4-2-1-3-8(9)10/h1-6,14H. The summed E-state index contributed by atoms with van der Waals surface area (Å²) >= 11 is 3.47. The van der Waals surface area contributed by atoms with Crippen LogP contribution < -0.4 is 5.32 Å². The molecule has 0 fully saturated rings. The van der Waals surface area contributed by atoms with Gasteiger partial charge >= 0.3 is 0 Å². The van der Waals surface area contributed by atoms with Gasteiger partial charge in [0.2, 0.25) is 0 Å². The molecular weight excluding hydrogens is 240 g/mol. The Bertz CT molecular complexity index is 514. The van der Waals surface area contributed by atoms with E-state index in [4.69, 9.17) is 5.26 Å². The van der Waals surface area contributed by atoms with Crippen LogP contribution in [-0.4, -0.2) is 0 Å². The number of hydrogen-bond donors (Lipinski definition) is 1. The lowest BCUT2D eigenvalue weighted by atomic mass is 10.1. The lowest BCUT2D eigenvalue weighted by Crippen LogP contribution is -1.88. The van der Waals surface area contributed by atoms with Gasteiger partial charge in [0.15, 0.2) is 6.19 Å². The first-order valence-corrected chi connectivity index (χ1v) is 4.94. The zero-order valence-corrected chi connectivity index (χ0v) is 8.88. The van der Waals surface area contributed by atoms with E-state index >= 15 is 0 Å². The van der Waals surface area contributed by atoms with Gasteiger partial charge in [0, 0.05) is 9.86 Å². The van der Waals surface area contributed by atoms with E-state index in [2.05, 4.69) is 21.2 Å². The summed E-state index contributed by atoms with van der Waals surface area (Å²) in [4.78, 5) is 0. The van der Waals surface area contributed by atoms with Crippen LogP contribution >= 0.6 is 15.9 Å². The molecule has 1 N–H and O–H groups in total. The van der Waals surface area contributed by atoms with Crippen LogP contribution in [0.2, 0.25) is 0 Å². The largest absolute Gasteiger partial charge is 0.292 e. The van der Waals surface area contributed by atoms with Crippen molar-refractivity contribution in [3.8, 4) is 6.19 Å². The van der Waals surface area contributed by atoms with Crippen LogP contribution in [0.3, 0.4) is 0 Å². The Morgan fingerprint density at radius 2 is 1.79 bits per heavy atom. The SMILES string of the molecule is N#CNc1ccc(Br)c2ccccc12. The molecule has 2 aromatic carbocycles. The number of nitriles is 1. The fourth-order valence-electron chi connectivity index (χ4n) is 1.43. The second-order valence-electron chi connectivity index (χ2n) is 2.88. The lowest BCUT2D eigenvalue weighted by molar-refractivity contribution is 1.48. The summed E-state index contributed by atoms with van der Waals surface area (Å²) in [5.41, 5.74) is 0.839. The average Bonchev–Trinajstić information content (AvgIpc) is 2.23. The minimum Gasteiger partial charge on any atom is -0.292 e. The van der Waals surface area contributed by atoms with Gasteiger partial charge < -0.3 is 0 Å². The molecule has 0 atom stereocenters. The van der Waals surface area contributed by atoms with Gasteiger partial charge in [0.1, 0.15) is 0 Å². The maximum absolute atomic E-state index is 8.58. The number of nitrogens with zero attached hydrogens (tertiary/aromatic N) is 1. The third kappa shape index (κ3) is 1.45. The molecule has 0 heterocycles. The molecule has 0 aliphatic carbocycles. The minimum absolute atomic E-state index is 0.839. The number of fused-ring (bicyclic) bond motifs is 1. The first-order valence-electron chi connectivity index (χ1n) is 4.15. The van der Waals surface area contributed by atoms with Crippen molar-refractivity contribution in [2.75, 3.05) is 5.32 Å². The molecule has 2 rings (SSSR count). The smallest absolute Gasteiger partial charge is 0.181 e. The van der Waals surface area contributed by atoms with Crippen molar-refractivity contribution in [3.63, 3.8) is 0 Å². The Hall–Kier alpha value is -1.53. The van der Waals surface area contributed by atoms with E-state index in [0.29, 0.717) is 0 Å². The van der Waals surface area contributed by atoms with Gasteiger partial charge in [-0.3, -0.25) is 5.32 Å². The monoisotopic (exact) mass is 246 g/mol. The zero-order chi connectivity index (χ0) is 9.97. The van der Waals surface area contributed by atoms with Crippen LogP contribution in [-0.2, 0) is 0 Å². The third-order valence-electron chi connectivity index (χ3n) is 2.06. The molecule has 68 valence electrons. The summed E-state index contributed by atoms with van der Waals surface area (Å²) < 4.78 is 1.04. The van der Waals surface area contributed by atoms with Crippen LogP contribution in [0.4, 0.5) is 5.69 Å². The second-order valence-corrected chi connectivity index (χ2v) is 3.73. The Kier molecular flexibility index (Phi) is 2.38. The van der Waals surface area contributed by atoms with E-state index in [1.165, 1.54) is 0 Å². The predicted molar refractivity (Wildman–Crippen MR) is 60.9 cm³/mol. The maximum Gasteiger partial charge on any atom is 0.181 e. The van der Waals surface area contributed by atoms with Gasteiger partial charge in [-0.2, -0.15) is 5.26 Å². The molecule has 2 aromatic rings. The fourth-order valence-corrected chi connectivity index (χ4v) is 1.91. The van der Waals surface area contributed by atoms with E-state index in [9.17, 15) is 0 Å². The summed E-state index contributed by atoms with van der Waals surface area (Å²) in [7, 11) is 0. The molecule has 0 amide bonds. The minimum atomic E-state index is 0.839. The number of hydrogen-bond acceptors (Lipinski definition) is 2. The Labute approximate surface area is 90.3 Å². The lowest BCUT2D eigenvalue weighted by Gasteiger charge is -2.05. The van der Waals surface area contributed by atoms with E-state index in [-0.39, 0.29) is 0 Å². The van der Waals surface area contributed by atoms with Gasteiger partial charge in [0.05, 0.1) is 5.69 Å². The number of halogens is 1. The summed E-state index contributed by atoms with van der Waals surface area (Å²) in [5.74, 6) is 0. The van der Waals surface area contributed by atoms with Gasteiger partial charge in [0.25, 0.3) is 0 Å². The highest BCUT2D eigenvalue weighted by Gasteiger charge is 2.02. The maximum atomic E-state index is 8.58. The molecule has 0 spiro atoms. The van der Waals surface area contributed by atoms with Crippen molar-refractivity contribution in [2.24, 2.45) is 0 Å². The Balaban J connectivity index is 2.76. The average molecular weight is 247 g/mol. The second kappa shape index (κ2) is 3.69. The molecule has 0 saturated heterocycles. The molecule has 0 aromatic heterocycles. The summed E-state index contributed by atoms with van der Waals surface area (Å²) in [6, 6.07) is 11.7. The van der Waals surface area contributed by atoms with Crippen molar-refractivity contribution >= 4 is 32.4 Å². The molecule has 0 unspecified atom stereocenters. The Morgan fingerprint density at radius 3 is 2.50 bits per heavy atom.